The fourth-order valence-corrected chi connectivity index (χ4v) is 3.38. The van der Waals surface area contributed by atoms with Gasteiger partial charge in [-0.25, -0.2) is 0 Å². The summed E-state index contributed by atoms with van der Waals surface area (Å²) in [6.07, 6.45) is 6.34. The molecular formula is C12H20N2O. The van der Waals surface area contributed by atoms with Crippen LogP contribution in [0.5, 0.6) is 0 Å². The van der Waals surface area contributed by atoms with Gasteiger partial charge in [-0.1, -0.05) is 6.42 Å². The highest BCUT2D eigenvalue weighted by Crippen LogP contribution is 2.58. The van der Waals surface area contributed by atoms with Gasteiger partial charge in [0.25, 0.3) is 0 Å². The molecule has 3 fully saturated rings. The number of carbonyl (C=O) groups is 1. The van der Waals surface area contributed by atoms with Crippen LogP contribution in [0.4, 0.5) is 0 Å². The van der Waals surface area contributed by atoms with Gasteiger partial charge in [-0.05, 0) is 37.5 Å². The number of nitrogens with two attached hydrogens (primary N) is 1. The maximum atomic E-state index is 12.3. The smallest absolute Gasteiger partial charge is 0.226 e. The molecule has 2 atom stereocenters. The number of rotatable bonds is 4. The Bertz CT molecular complexity index is 265. The van der Waals surface area contributed by atoms with Gasteiger partial charge in [-0.2, -0.15) is 0 Å². The Morgan fingerprint density at radius 3 is 2.40 bits per heavy atom. The molecule has 0 spiro atoms. The Morgan fingerprint density at radius 1 is 1.20 bits per heavy atom. The summed E-state index contributed by atoms with van der Waals surface area (Å²) in [6.45, 7) is 1.39. The highest BCUT2D eigenvalue weighted by atomic mass is 16.2. The average Bonchev–Trinajstić information content (AvgIpc) is 3.14. The van der Waals surface area contributed by atoms with Gasteiger partial charge in [-0.3, -0.25) is 4.79 Å². The van der Waals surface area contributed by atoms with Crippen LogP contribution in [0.2, 0.25) is 0 Å². The Hall–Kier alpha value is -0.570. The van der Waals surface area contributed by atoms with Crippen molar-refractivity contribution in [3.63, 3.8) is 0 Å². The lowest BCUT2D eigenvalue weighted by Gasteiger charge is -2.22. The molecule has 0 bridgehead atoms. The molecule has 0 heterocycles. The molecule has 15 heavy (non-hydrogen) atoms. The van der Waals surface area contributed by atoms with E-state index >= 15 is 0 Å². The molecule has 3 aliphatic rings. The first-order chi connectivity index (χ1) is 7.33. The minimum absolute atomic E-state index is 0.394. The van der Waals surface area contributed by atoms with Crippen molar-refractivity contribution in [2.75, 3.05) is 13.1 Å². The summed E-state index contributed by atoms with van der Waals surface area (Å²) in [6, 6.07) is 0.544. The molecule has 3 nitrogen and oxygen atoms in total. The van der Waals surface area contributed by atoms with Gasteiger partial charge < -0.3 is 10.6 Å². The molecule has 3 saturated carbocycles. The Kier molecular flexibility index (Phi) is 2.23. The molecular weight excluding hydrogens is 188 g/mol. The lowest BCUT2D eigenvalue weighted by molar-refractivity contribution is -0.133. The van der Waals surface area contributed by atoms with E-state index in [9.17, 15) is 4.79 Å². The average molecular weight is 208 g/mol. The maximum absolute atomic E-state index is 12.3. The van der Waals surface area contributed by atoms with E-state index in [1.54, 1.807) is 0 Å². The Morgan fingerprint density at radius 2 is 1.87 bits per heavy atom. The van der Waals surface area contributed by atoms with Crippen LogP contribution >= 0.6 is 0 Å². The monoisotopic (exact) mass is 208 g/mol. The molecule has 84 valence electrons. The highest BCUT2D eigenvalue weighted by molar-refractivity contribution is 5.83. The lowest BCUT2D eigenvalue weighted by Crippen LogP contribution is -2.38. The van der Waals surface area contributed by atoms with Crippen LogP contribution < -0.4 is 5.73 Å². The third kappa shape index (κ3) is 1.57. The van der Waals surface area contributed by atoms with E-state index in [4.69, 9.17) is 5.73 Å². The summed E-state index contributed by atoms with van der Waals surface area (Å²) in [4.78, 5) is 14.3. The Balaban J connectivity index is 1.62. The van der Waals surface area contributed by atoms with Crippen molar-refractivity contribution in [1.82, 2.24) is 4.90 Å². The first kappa shape index (κ1) is 9.64. The van der Waals surface area contributed by atoms with Crippen LogP contribution in [0, 0.1) is 17.8 Å². The summed E-state index contributed by atoms with van der Waals surface area (Å²) in [5.41, 5.74) is 5.58. The van der Waals surface area contributed by atoms with Gasteiger partial charge in [0, 0.05) is 25.0 Å². The van der Waals surface area contributed by atoms with E-state index in [1.807, 2.05) is 0 Å². The van der Waals surface area contributed by atoms with E-state index in [1.165, 1.54) is 32.1 Å². The summed E-state index contributed by atoms with van der Waals surface area (Å²) < 4.78 is 0. The number of fused-ring (bicyclic) bond motifs is 1. The normalized spacial score (nSPS) is 37.5. The summed E-state index contributed by atoms with van der Waals surface area (Å²) in [5.74, 6) is 2.32. The number of hydrogen-bond acceptors (Lipinski definition) is 2. The van der Waals surface area contributed by atoms with Gasteiger partial charge in [0.15, 0.2) is 0 Å². The van der Waals surface area contributed by atoms with Gasteiger partial charge in [0.05, 0.1) is 0 Å². The molecule has 3 rings (SSSR count). The van der Waals surface area contributed by atoms with E-state index in [0.717, 1.165) is 18.4 Å². The van der Waals surface area contributed by atoms with Crippen molar-refractivity contribution < 1.29 is 4.79 Å². The molecule has 0 saturated heterocycles. The fraction of sp³-hybridized carbons (Fsp3) is 0.917. The number of nitrogens with zero attached hydrogens (tertiary/aromatic N) is 1. The predicted octanol–water partition coefficient (Wildman–Crippen LogP) is 0.982. The summed E-state index contributed by atoms with van der Waals surface area (Å²) in [7, 11) is 0. The van der Waals surface area contributed by atoms with Crippen LogP contribution in [0.3, 0.4) is 0 Å². The van der Waals surface area contributed by atoms with Crippen molar-refractivity contribution >= 4 is 5.91 Å². The minimum Gasteiger partial charge on any atom is -0.338 e. The first-order valence-corrected chi connectivity index (χ1v) is 6.33. The quantitative estimate of drug-likeness (QED) is 0.748. The molecule has 2 N–H and O–H groups in total. The third-order valence-corrected chi connectivity index (χ3v) is 4.33. The molecule has 3 aliphatic carbocycles. The van der Waals surface area contributed by atoms with Gasteiger partial charge in [-0.15, -0.1) is 0 Å². The summed E-state index contributed by atoms with van der Waals surface area (Å²) in [5, 5.41) is 0. The van der Waals surface area contributed by atoms with Crippen molar-refractivity contribution in [2.45, 2.75) is 38.1 Å². The topological polar surface area (TPSA) is 46.3 Å². The van der Waals surface area contributed by atoms with Gasteiger partial charge in [0.1, 0.15) is 0 Å². The zero-order valence-corrected chi connectivity index (χ0v) is 9.19. The van der Waals surface area contributed by atoms with Crippen molar-refractivity contribution in [1.29, 1.82) is 0 Å². The Labute approximate surface area is 91.0 Å². The van der Waals surface area contributed by atoms with Crippen LogP contribution in [0.25, 0.3) is 0 Å². The second kappa shape index (κ2) is 3.48. The van der Waals surface area contributed by atoms with Crippen molar-refractivity contribution in [2.24, 2.45) is 23.5 Å². The zero-order chi connectivity index (χ0) is 10.4. The van der Waals surface area contributed by atoms with Crippen LogP contribution in [0.15, 0.2) is 0 Å². The van der Waals surface area contributed by atoms with Crippen molar-refractivity contribution in [3.8, 4) is 0 Å². The largest absolute Gasteiger partial charge is 0.338 e. The number of amides is 1. The summed E-state index contributed by atoms with van der Waals surface area (Å²) >= 11 is 0. The molecule has 1 amide bonds. The standard InChI is InChI=1S/C12H20N2O/c13-6-7-14(8-4-5-8)12(15)11-9-2-1-3-10(9)11/h8-11H,1-7,13H2. The van der Waals surface area contributed by atoms with Gasteiger partial charge >= 0.3 is 0 Å². The molecule has 0 aromatic carbocycles. The predicted molar refractivity (Wildman–Crippen MR) is 58.1 cm³/mol. The van der Waals surface area contributed by atoms with Crippen LogP contribution in [0.1, 0.15) is 32.1 Å². The number of hydrogen-bond donors (Lipinski definition) is 1. The van der Waals surface area contributed by atoms with Gasteiger partial charge in [0.2, 0.25) is 5.91 Å². The zero-order valence-electron chi connectivity index (χ0n) is 9.19. The second-order valence-electron chi connectivity index (χ2n) is 5.34. The SMILES string of the molecule is NCCN(C(=O)C1C2CCCC21)C1CC1. The van der Waals surface area contributed by atoms with Crippen LogP contribution in [-0.4, -0.2) is 29.9 Å². The molecule has 0 aromatic rings. The molecule has 2 unspecified atom stereocenters. The van der Waals surface area contributed by atoms with E-state index in [-0.39, 0.29) is 0 Å². The van der Waals surface area contributed by atoms with Crippen LogP contribution in [-0.2, 0) is 4.79 Å². The molecule has 0 aromatic heterocycles. The van der Waals surface area contributed by atoms with E-state index in [2.05, 4.69) is 4.90 Å². The maximum Gasteiger partial charge on any atom is 0.226 e. The highest BCUT2D eigenvalue weighted by Gasteiger charge is 2.58. The minimum atomic E-state index is 0.394. The fourth-order valence-electron chi connectivity index (χ4n) is 3.38. The molecule has 0 radical (unpaired) electrons. The molecule has 3 heteroatoms. The van der Waals surface area contributed by atoms with E-state index in [0.29, 0.717) is 24.4 Å². The first-order valence-electron chi connectivity index (χ1n) is 6.33. The number of carbonyl (C=O) groups excluding carboxylic acids is 1. The third-order valence-electron chi connectivity index (χ3n) is 4.33. The van der Waals surface area contributed by atoms with E-state index < -0.39 is 0 Å². The second-order valence-corrected chi connectivity index (χ2v) is 5.34. The van der Waals surface area contributed by atoms with Crippen molar-refractivity contribution in [3.05, 3.63) is 0 Å². The molecule has 0 aliphatic heterocycles. The lowest BCUT2D eigenvalue weighted by atomic mass is 10.1.